The fraction of sp³-hybridized carbons (Fsp3) is 0.208. The van der Waals surface area contributed by atoms with Crippen LogP contribution < -0.4 is 14.4 Å². The lowest BCUT2D eigenvalue weighted by atomic mass is 10.0. The zero-order valence-corrected chi connectivity index (χ0v) is 18.3. The van der Waals surface area contributed by atoms with Gasteiger partial charge in [0, 0.05) is 29.1 Å². The summed E-state index contributed by atoms with van der Waals surface area (Å²) >= 11 is 0. The first-order chi connectivity index (χ1) is 15.3. The fourth-order valence-electron chi connectivity index (χ4n) is 3.96. The van der Waals surface area contributed by atoms with Crippen molar-refractivity contribution in [2.45, 2.75) is 20.4 Å². The molecule has 0 fully saturated rings. The van der Waals surface area contributed by atoms with Crippen LogP contribution in [0.1, 0.15) is 28.1 Å². The molecule has 0 saturated heterocycles. The molecule has 0 aliphatic carbocycles. The van der Waals surface area contributed by atoms with E-state index in [1.807, 2.05) is 32.0 Å². The zero-order valence-electron chi connectivity index (χ0n) is 18.3. The third-order valence-electron chi connectivity index (χ3n) is 5.51. The number of carbonyl (C=O) groups excluding carboxylic acids is 1. The zero-order chi connectivity index (χ0) is 23.0. The molecule has 0 saturated carbocycles. The molecule has 2 aromatic carbocycles. The highest BCUT2D eigenvalue weighted by Crippen LogP contribution is 2.41. The number of hydrogen-bond donors (Lipinski definition) is 1. The summed E-state index contributed by atoms with van der Waals surface area (Å²) < 4.78 is 10.7. The van der Waals surface area contributed by atoms with Crippen LogP contribution in [0.5, 0.6) is 11.5 Å². The first kappa shape index (κ1) is 21.2. The Labute approximate surface area is 185 Å². The molecular formula is C24H23N3O5. The minimum Gasteiger partial charge on any atom is -0.493 e. The van der Waals surface area contributed by atoms with Crippen LogP contribution in [0.4, 0.5) is 11.4 Å². The number of nitro groups is 1. The number of benzene rings is 2. The van der Waals surface area contributed by atoms with Crippen molar-refractivity contribution in [2.24, 2.45) is 0 Å². The van der Waals surface area contributed by atoms with Gasteiger partial charge in [-0.15, -0.1) is 0 Å². The van der Waals surface area contributed by atoms with Crippen molar-refractivity contribution in [1.29, 1.82) is 0 Å². The average molecular weight is 433 g/mol. The lowest BCUT2D eigenvalue weighted by Crippen LogP contribution is -2.25. The number of nitrogens with zero attached hydrogens (tertiary/aromatic N) is 2. The molecule has 3 aromatic rings. The minimum absolute atomic E-state index is 0.0604. The van der Waals surface area contributed by atoms with E-state index in [-0.39, 0.29) is 18.1 Å². The standard InChI is InChI=1S/C24H23N3O5/c1-14-9-15(2)25-20(14)12-19-18-11-17(27(29)30)6-7-21(18)26(24(19)28)13-16-5-8-22(31-3)23(10-16)32-4/h5-12,25H,13H2,1-4H3. The number of amides is 1. The Morgan fingerprint density at radius 1 is 1.06 bits per heavy atom. The Bertz CT molecular complexity index is 1260. The maximum atomic E-state index is 13.5. The monoisotopic (exact) mass is 433 g/mol. The summed E-state index contributed by atoms with van der Waals surface area (Å²) in [5.74, 6) is 0.939. The highest BCUT2D eigenvalue weighted by atomic mass is 16.6. The predicted octanol–water partition coefficient (Wildman–Crippen LogP) is 4.64. The smallest absolute Gasteiger partial charge is 0.270 e. The van der Waals surface area contributed by atoms with Gasteiger partial charge >= 0.3 is 0 Å². The minimum atomic E-state index is -0.455. The summed E-state index contributed by atoms with van der Waals surface area (Å²) in [5.41, 5.74) is 5.13. The van der Waals surface area contributed by atoms with Gasteiger partial charge in [0.2, 0.25) is 0 Å². The highest BCUT2D eigenvalue weighted by Gasteiger charge is 2.34. The van der Waals surface area contributed by atoms with E-state index >= 15 is 0 Å². The van der Waals surface area contributed by atoms with E-state index in [1.165, 1.54) is 12.1 Å². The molecule has 1 N–H and O–H groups in total. The number of rotatable bonds is 6. The van der Waals surface area contributed by atoms with E-state index in [0.717, 1.165) is 22.5 Å². The SMILES string of the molecule is COc1ccc(CN2C(=O)C(=Cc3[nH]c(C)cc3C)c3cc([N+](=O)[O-])ccc32)cc1OC. The predicted molar refractivity (Wildman–Crippen MR) is 122 cm³/mol. The van der Waals surface area contributed by atoms with Crippen molar-refractivity contribution < 1.29 is 19.2 Å². The second-order valence-corrected chi connectivity index (χ2v) is 7.65. The number of aromatic nitrogens is 1. The molecular weight excluding hydrogens is 410 g/mol. The number of nitrogens with one attached hydrogen (secondary N) is 1. The fourth-order valence-corrected chi connectivity index (χ4v) is 3.96. The number of aromatic amines is 1. The van der Waals surface area contributed by atoms with E-state index in [2.05, 4.69) is 4.98 Å². The Morgan fingerprint density at radius 3 is 2.44 bits per heavy atom. The van der Waals surface area contributed by atoms with Gasteiger partial charge in [-0.25, -0.2) is 0 Å². The lowest BCUT2D eigenvalue weighted by Gasteiger charge is -2.18. The molecule has 8 heteroatoms. The van der Waals surface area contributed by atoms with Crippen molar-refractivity contribution in [3.8, 4) is 11.5 Å². The molecule has 32 heavy (non-hydrogen) atoms. The number of methoxy groups -OCH3 is 2. The summed E-state index contributed by atoms with van der Waals surface area (Å²) in [6.07, 6.45) is 1.77. The number of carbonyl (C=O) groups is 1. The molecule has 1 amide bonds. The van der Waals surface area contributed by atoms with Crippen LogP contribution in [0.15, 0.2) is 42.5 Å². The topological polar surface area (TPSA) is 97.7 Å². The van der Waals surface area contributed by atoms with Crippen LogP contribution in [0, 0.1) is 24.0 Å². The number of anilines is 1. The van der Waals surface area contributed by atoms with Gasteiger partial charge in [0.05, 0.1) is 36.9 Å². The van der Waals surface area contributed by atoms with E-state index < -0.39 is 4.92 Å². The summed E-state index contributed by atoms with van der Waals surface area (Å²) in [6.45, 7) is 4.17. The Morgan fingerprint density at radius 2 is 1.81 bits per heavy atom. The maximum Gasteiger partial charge on any atom is 0.270 e. The Kier molecular flexibility index (Phi) is 5.44. The van der Waals surface area contributed by atoms with Crippen LogP contribution in [0.2, 0.25) is 0 Å². The largest absolute Gasteiger partial charge is 0.493 e. The van der Waals surface area contributed by atoms with Gasteiger partial charge in [0.25, 0.3) is 11.6 Å². The van der Waals surface area contributed by atoms with Gasteiger partial charge < -0.3 is 19.4 Å². The molecule has 0 unspecified atom stereocenters. The quantitative estimate of drug-likeness (QED) is 0.347. The molecule has 0 radical (unpaired) electrons. The van der Waals surface area contributed by atoms with E-state index in [1.54, 1.807) is 37.3 Å². The summed E-state index contributed by atoms with van der Waals surface area (Å²) in [5, 5.41) is 11.4. The number of nitro benzene ring substituents is 1. The van der Waals surface area contributed by atoms with Gasteiger partial charge in [0.1, 0.15) is 0 Å². The van der Waals surface area contributed by atoms with Gasteiger partial charge in [-0.05, 0) is 55.3 Å². The van der Waals surface area contributed by atoms with Crippen LogP contribution in [0.3, 0.4) is 0 Å². The average Bonchev–Trinajstić information content (AvgIpc) is 3.23. The molecule has 1 aliphatic rings. The normalized spacial score (nSPS) is 14.1. The first-order valence-electron chi connectivity index (χ1n) is 10.0. The summed E-state index contributed by atoms with van der Waals surface area (Å²) in [4.78, 5) is 29.2. The van der Waals surface area contributed by atoms with Gasteiger partial charge in [-0.3, -0.25) is 14.9 Å². The summed E-state index contributed by atoms with van der Waals surface area (Å²) in [6, 6.07) is 11.9. The molecule has 164 valence electrons. The van der Waals surface area contributed by atoms with E-state index in [0.29, 0.717) is 28.3 Å². The van der Waals surface area contributed by atoms with Crippen LogP contribution in [-0.2, 0) is 11.3 Å². The van der Waals surface area contributed by atoms with E-state index in [9.17, 15) is 14.9 Å². The molecule has 0 spiro atoms. The molecule has 0 bridgehead atoms. The molecule has 8 nitrogen and oxygen atoms in total. The Balaban J connectivity index is 1.79. The number of fused-ring (bicyclic) bond motifs is 1. The third kappa shape index (κ3) is 3.71. The molecule has 2 heterocycles. The Hall–Kier alpha value is -4.07. The van der Waals surface area contributed by atoms with Crippen molar-refractivity contribution in [3.63, 3.8) is 0 Å². The maximum absolute atomic E-state index is 13.5. The number of non-ortho nitro benzene ring substituents is 1. The number of hydrogen-bond acceptors (Lipinski definition) is 5. The lowest BCUT2D eigenvalue weighted by molar-refractivity contribution is -0.384. The number of H-pyrrole nitrogens is 1. The summed E-state index contributed by atoms with van der Waals surface area (Å²) in [7, 11) is 3.12. The van der Waals surface area contributed by atoms with Gasteiger partial charge in [-0.2, -0.15) is 0 Å². The molecule has 4 rings (SSSR count). The molecule has 1 aliphatic heterocycles. The van der Waals surface area contributed by atoms with Crippen molar-refractivity contribution in [1.82, 2.24) is 4.98 Å². The van der Waals surface area contributed by atoms with Gasteiger partial charge in [-0.1, -0.05) is 6.07 Å². The van der Waals surface area contributed by atoms with Crippen LogP contribution in [-0.4, -0.2) is 30.0 Å². The van der Waals surface area contributed by atoms with E-state index in [4.69, 9.17) is 9.47 Å². The second kappa shape index (κ2) is 8.22. The molecule has 0 atom stereocenters. The molecule has 1 aromatic heterocycles. The van der Waals surface area contributed by atoms with Crippen molar-refractivity contribution in [2.75, 3.05) is 19.1 Å². The number of aryl methyl sites for hydroxylation is 2. The highest BCUT2D eigenvalue weighted by molar-refractivity contribution is 6.35. The van der Waals surface area contributed by atoms with Crippen LogP contribution >= 0.6 is 0 Å². The first-order valence-corrected chi connectivity index (χ1v) is 10.0. The van der Waals surface area contributed by atoms with Crippen molar-refractivity contribution >= 4 is 28.9 Å². The second-order valence-electron chi connectivity index (χ2n) is 7.65. The van der Waals surface area contributed by atoms with Crippen molar-refractivity contribution in [3.05, 3.63) is 80.7 Å². The van der Waals surface area contributed by atoms with Gasteiger partial charge in [0.15, 0.2) is 11.5 Å². The number of ether oxygens (including phenoxy) is 2. The third-order valence-corrected chi connectivity index (χ3v) is 5.51. The van der Waals surface area contributed by atoms with Crippen LogP contribution in [0.25, 0.3) is 11.6 Å².